The maximum absolute atomic E-state index is 3.72. The first-order valence-electron chi connectivity index (χ1n) is 7.28. The first-order valence-corrected chi connectivity index (χ1v) is 7.28. The molecule has 0 aromatic heterocycles. The topological polar surface area (TPSA) is 24.1 Å². The zero-order valence-corrected chi connectivity index (χ0v) is 11.1. The predicted molar refractivity (Wildman–Crippen MR) is 72.8 cm³/mol. The van der Waals surface area contributed by atoms with Crippen LogP contribution in [0.25, 0.3) is 0 Å². The standard InChI is InChI=1S/C15H26N2/c1-2-3-5-11-16-15-10-7-8-13(15)14-9-4-6-12-17-14/h13-17H,4-12H2,1H3. The van der Waals surface area contributed by atoms with Crippen LogP contribution in [0.5, 0.6) is 0 Å². The minimum absolute atomic E-state index is 0.740. The van der Waals surface area contributed by atoms with Crippen molar-refractivity contribution in [1.29, 1.82) is 0 Å². The van der Waals surface area contributed by atoms with Crippen molar-refractivity contribution in [2.24, 2.45) is 5.92 Å². The largest absolute Gasteiger partial charge is 0.314 e. The average Bonchev–Trinajstić information content (AvgIpc) is 2.84. The van der Waals surface area contributed by atoms with Gasteiger partial charge in [0, 0.05) is 25.0 Å². The van der Waals surface area contributed by atoms with Crippen molar-refractivity contribution in [3.8, 4) is 11.8 Å². The van der Waals surface area contributed by atoms with Crippen molar-refractivity contribution < 1.29 is 0 Å². The second kappa shape index (κ2) is 7.03. The van der Waals surface area contributed by atoms with E-state index in [9.17, 15) is 0 Å². The predicted octanol–water partition coefficient (Wildman–Crippen LogP) is 2.30. The van der Waals surface area contributed by atoms with Crippen LogP contribution in [0.3, 0.4) is 0 Å². The van der Waals surface area contributed by atoms with Gasteiger partial charge in [0.15, 0.2) is 0 Å². The minimum Gasteiger partial charge on any atom is -0.314 e. The van der Waals surface area contributed by atoms with Gasteiger partial charge in [0.1, 0.15) is 0 Å². The van der Waals surface area contributed by atoms with Gasteiger partial charge in [-0.2, -0.15) is 0 Å². The molecular weight excluding hydrogens is 208 g/mol. The minimum atomic E-state index is 0.740. The highest BCUT2D eigenvalue weighted by molar-refractivity contribution is 4.97. The van der Waals surface area contributed by atoms with Crippen molar-refractivity contribution in [1.82, 2.24) is 10.6 Å². The summed E-state index contributed by atoms with van der Waals surface area (Å²) in [5.74, 6) is 6.97. The molecular formula is C15H26N2. The van der Waals surface area contributed by atoms with E-state index in [4.69, 9.17) is 0 Å². The van der Waals surface area contributed by atoms with E-state index in [-0.39, 0.29) is 0 Å². The van der Waals surface area contributed by atoms with Gasteiger partial charge in [-0.3, -0.25) is 0 Å². The van der Waals surface area contributed by atoms with Gasteiger partial charge in [0.2, 0.25) is 0 Å². The van der Waals surface area contributed by atoms with Crippen LogP contribution in [-0.2, 0) is 0 Å². The lowest BCUT2D eigenvalue weighted by atomic mass is 9.88. The highest BCUT2D eigenvalue weighted by Crippen LogP contribution is 2.31. The first-order chi connectivity index (χ1) is 8.42. The Labute approximate surface area is 106 Å². The van der Waals surface area contributed by atoms with Crippen LogP contribution in [0.2, 0.25) is 0 Å². The molecule has 3 atom stereocenters. The second-order valence-electron chi connectivity index (χ2n) is 5.39. The van der Waals surface area contributed by atoms with Crippen molar-refractivity contribution >= 4 is 0 Å². The summed E-state index contributed by atoms with van der Waals surface area (Å²) in [4.78, 5) is 0. The molecule has 2 N–H and O–H groups in total. The molecule has 0 aromatic rings. The SMILES string of the molecule is CC#CCCNC1CCCC1C1CCCCN1. The van der Waals surface area contributed by atoms with Gasteiger partial charge in [-0.25, -0.2) is 0 Å². The molecule has 0 amide bonds. The van der Waals surface area contributed by atoms with Crippen LogP contribution >= 0.6 is 0 Å². The van der Waals surface area contributed by atoms with Gasteiger partial charge in [-0.15, -0.1) is 11.8 Å². The molecule has 1 saturated heterocycles. The Balaban J connectivity index is 1.76. The molecule has 2 rings (SSSR count). The Kier molecular flexibility index (Phi) is 5.35. The molecule has 2 nitrogen and oxygen atoms in total. The van der Waals surface area contributed by atoms with E-state index in [1.165, 1.54) is 45.1 Å². The molecule has 0 aromatic carbocycles. The summed E-state index contributed by atoms with van der Waals surface area (Å²) in [5.41, 5.74) is 0. The van der Waals surface area contributed by atoms with E-state index in [2.05, 4.69) is 22.5 Å². The maximum Gasteiger partial charge on any atom is 0.0214 e. The first kappa shape index (κ1) is 12.9. The average molecular weight is 234 g/mol. The van der Waals surface area contributed by atoms with E-state index >= 15 is 0 Å². The molecule has 1 heterocycles. The van der Waals surface area contributed by atoms with Gasteiger partial charge >= 0.3 is 0 Å². The lowest BCUT2D eigenvalue weighted by Crippen LogP contribution is -2.47. The monoisotopic (exact) mass is 234 g/mol. The summed E-state index contributed by atoms with van der Waals surface area (Å²) in [6.45, 7) is 4.22. The number of rotatable bonds is 4. The molecule has 2 heteroatoms. The number of hydrogen-bond donors (Lipinski definition) is 2. The van der Waals surface area contributed by atoms with Gasteiger partial charge in [0.05, 0.1) is 0 Å². The molecule has 0 radical (unpaired) electrons. The van der Waals surface area contributed by atoms with E-state index in [0.29, 0.717) is 0 Å². The molecule has 1 aliphatic heterocycles. The fourth-order valence-corrected chi connectivity index (χ4v) is 3.41. The molecule has 1 aliphatic carbocycles. The fraction of sp³-hybridized carbons (Fsp3) is 0.867. The Bertz CT molecular complexity index is 270. The van der Waals surface area contributed by atoms with E-state index in [0.717, 1.165) is 31.0 Å². The number of piperidine rings is 1. The fourth-order valence-electron chi connectivity index (χ4n) is 3.41. The van der Waals surface area contributed by atoms with Gasteiger partial charge < -0.3 is 10.6 Å². The van der Waals surface area contributed by atoms with Crippen LogP contribution in [0.15, 0.2) is 0 Å². The lowest BCUT2D eigenvalue weighted by molar-refractivity contribution is 0.258. The quantitative estimate of drug-likeness (QED) is 0.576. The summed E-state index contributed by atoms with van der Waals surface area (Å²) in [6.07, 6.45) is 9.35. The second-order valence-corrected chi connectivity index (χ2v) is 5.39. The molecule has 3 unspecified atom stereocenters. The Morgan fingerprint density at radius 3 is 2.88 bits per heavy atom. The van der Waals surface area contributed by atoms with E-state index in [1.807, 2.05) is 6.92 Å². The number of nitrogens with one attached hydrogen (secondary N) is 2. The summed E-state index contributed by atoms with van der Waals surface area (Å²) >= 11 is 0. The normalized spacial score (nSPS) is 33.1. The summed E-state index contributed by atoms with van der Waals surface area (Å²) in [6, 6.07) is 1.52. The van der Waals surface area contributed by atoms with Crippen LogP contribution in [0.1, 0.15) is 51.9 Å². The molecule has 0 spiro atoms. The summed E-state index contributed by atoms with van der Waals surface area (Å²) in [7, 11) is 0. The molecule has 0 bridgehead atoms. The zero-order valence-electron chi connectivity index (χ0n) is 11.1. The smallest absolute Gasteiger partial charge is 0.0214 e. The lowest BCUT2D eigenvalue weighted by Gasteiger charge is -2.33. The van der Waals surface area contributed by atoms with Crippen LogP contribution in [0, 0.1) is 17.8 Å². The van der Waals surface area contributed by atoms with Crippen molar-refractivity contribution in [2.75, 3.05) is 13.1 Å². The van der Waals surface area contributed by atoms with Crippen molar-refractivity contribution in [2.45, 2.75) is 64.0 Å². The third-order valence-corrected chi connectivity index (χ3v) is 4.27. The van der Waals surface area contributed by atoms with Gasteiger partial charge in [0.25, 0.3) is 0 Å². The van der Waals surface area contributed by atoms with Crippen LogP contribution in [-0.4, -0.2) is 25.2 Å². The van der Waals surface area contributed by atoms with Crippen LogP contribution in [0.4, 0.5) is 0 Å². The summed E-state index contributed by atoms with van der Waals surface area (Å²) < 4.78 is 0. The molecule has 1 saturated carbocycles. The zero-order chi connectivity index (χ0) is 11.9. The highest BCUT2D eigenvalue weighted by atomic mass is 15.0. The third-order valence-electron chi connectivity index (χ3n) is 4.27. The number of hydrogen-bond acceptors (Lipinski definition) is 2. The maximum atomic E-state index is 3.72. The van der Waals surface area contributed by atoms with Crippen LogP contribution < -0.4 is 10.6 Å². The molecule has 17 heavy (non-hydrogen) atoms. The molecule has 96 valence electrons. The third kappa shape index (κ3) is 3.72. The van der Waals surface area contributed by atoms with Crippen molar-refractivity contribution in [3.63, 3.8) is 0 Å². The molecule has 2 aliphatic rings. The van der Waals surface area contributed by atoms with E-state index < -0.39 is 0 Å². The van der Waals surface area contributed by atoms with Gasteiger partial charge in [-0.1, -0.05) is 12.8 Å². The Morgan fingerprint density at radius 1 is 1.18 bits per heavy atom. The molecule has 2 fully saturated rings. The highest BCUT2D eigenvalue weighted by Gasteiger charge is 2.33. The van der Waals surface area contributed by atoms with Gasteiger partial charge in [-0.05, 0) is 45.1 Å². The Morgan fingerprint density at radius 2 is 2.12 bits per heavy atom. The summed E-state index contributed by atoms with van der Waals surface area (Å²) in [5, 5.41) is 7.45. The van der Waals surface area contributed by atoms with Crippen molar-refractivity contribution in [3.05, 3.63) is 0 Å². The Hall–Kier alpha value is -0.520. The van der Waals surface area contributed by atoms with E-state index in [1.54, 1.807) is 0 Å².